The number of benzene rings is 3. The first kappa shape index (κ1) is 29.8. The van der Waals surface area contributed by atoms with Crippen LogP contribution in [0.2, 0.25) is 0 Å². The molecular formula is C30H36FN3O4S. The summed E-state index contributed by atoms with van der Waals surface area (Å²) in [6.45, 7) is 8.74. The number of anilines is 1. The Bertz CT molecular complexity index is 1410. The summed E-state index contributed by atoms with van der Waals surface area (Å²) in [5, 5.41) is 2.82. The van der Waals surface area contributed by atoms with Gasteiger partial charge in [0, 0.05) is 18.7 Å². The zero-order chi connectivity index (χ0) is 28.7. The molecule has 0 bridgehead atoms. The second kappa shape index (κ2) is 12.9. The number of rotatable bonds is 11. The van der Waals surface area contributed by atoms with Crippen molar-refractivity contribution >= 4 is 27.5 Å². The molecule has 0 spiro atoms. The predicted octanol–water partition coefficient (Wildman–Crippen LogP) is 4.83. The van der Waals surface area contributed by atoms with Gasteiger partial charge in [-0.1, -0.05) is 62.4 Å². The number of hydrogen-bond acceptors (Lipinski definition) is 4. The summed E-state index contributed by atoms with van der Waals surface area (Å²) < 4.78 is 43.4. The van der Waals surface area contributed by atoms with Gasteiger partial charge in [-0.2, -0.15) is 0 Å². The topological polar surface area (TPSA) is 86.8 Å². The highest BCUT2D eigenvalue weighted by atomic mass is 32.2. The molecule has 0 unspecified atom stereocenters. The van der Waals surface area contributed by atoms with Gasteiger partial charge < -0.3 is 10.2 Å². The zero-order valence-electron chi connectivity index (χ0n) is 23.0. The van der Waals surface area contributed by atoms with E-state index in [1.807, 2.05) is 26.8 Å². The maximum Gasteiger partial charge on any atom is 0.264 e. The number of amides is 2. The second-order valence-electron chi connectivity index (χ2n) is 9.97. The number of aryl methyl sites for hydroxylation is 1. The van der Waals surface area contributed by atoms with Crippen LogP contribution in [-0.2, 0) is 26.2 Å². The maximum atomic E-state index is 14.6. The molecule has 0 radical (unpaired) electrons. The Balaban J connectivity index is 2.05. The van der Waals surface area contributed by atoms with E-state index in [0.717, 1.165) is 9.87 Å². The summed E-state index contributed by atoms with van der Waals surface area (Å²) in [6, 6.07) is 18.1. The second-order valence-corrected chi connectivity index (χ2v) is 11.8. The van der Waals surface area contributed by atoms with Crippen LogP contribution < -0.4 is 9.62 Å². The smallest absolute Gasteiger partial charge is 0.264 e. The van der Waals surface area contributed by atoms with Crippen LogP contribution in [0.4, 0.5) is 10.1 Å². The average molecular weight is 554 g/mol. The minimum absolute atomic E-state index is 0.0297. The summed E-state index contributed by atoms with van der Waals surface area (Å²) >= 11 is 0. The largest absolute Gasteiger partial charge is 0.354 e. The first-order valence-corrected chi connectivity index (χ1v) is 14.3. The summed E-state index contributed by atoms with van der Waals surface area (Å²) in [5.74, 6) is -1.37. The standard InChI is InChI=1S/C30H36FN3O4S/c1-21(2)18-32-30(36)24(5)33(19-25-13-9-10-16-27(25)31)29(35)20-34(28-17-11-12-22(3)23(28)4)39(37,38)26-14-7-6-8-15-26/h6-17,21,24H,18-20H2,1-5H3,(H,32,36)/t24-/m0/s1. The Morgan fingerprint density at radius 2 is 1.54 bits per heavy atom. The van der Waals surface area contributed by atoms with Crippen LogP contribution in [0.1, 0.15) is 37.5 Å². The molecule has 2 amide bonds. The van der Waals surface area contributed by atoms with Gasteiger partial charge in [-0.15, -0.1) is 0 Å². The van der Waals surface area contributed by atoms with Gasteiger partial charge >= 0.3 is 0 Å². The summed E-state index contributed by atoms with van der Waals surface area (Å²) in [7, 11) is -4.16. The lowest BCUT2D eigenvalue weighted by atomic mass is 10.1. The minimum atomic E-state index is -4.16. The van der Waals surface area contributed by atoms with E-state index in [2.05, 4.69) is 5.32 Å². The Labute approximate surface area is 230 Å². The number of sulfonamides is 1. The molecule has 39 heavy (non-hydrogen) atoms. The van der Waals surface area contributed by atoms with Gasteiger partial charge in [0.2, 0.25) is 11.8 Å². The van der Waals surface area contributed by atoms with E-state index in [1.54, 1.807) is 56.3 Å². The molecule has 7 nitrogen and oxygen atoms in total. The van der Waals surface area contributed by atoms with Crippen molar-refractivity contribution in [2.45, 2.75) is 52.1 Å². The SMILES string of the molecule is Cc1cccc(N(CC(=O)N(Cc2ccccc2F)[C@@H](C)C(=O)NCC(C)C)S(=O)(=O)c2ccccc2)c1C. The van der Waals surface area contributed by atoms with E-state index in [9.17, 15) is 22.4 Å². The maximum absolute atomic E-state index is 14.6. The molecule has 0 aromatic heterocycles. The lowest BCUT2D eigenvalue weighted by Crippen LogP contribution is -2.51. The van der Waals surface area contributed by atoms with Gasteiger partial charge in [-0.3, -0.25) is 13.9 Å². The molecule has 3 aromatic carbocycles. The van der Waals surface area contributed by atoms with E-state index in [0.29, 0.717) is 17.8 Å². The average Bonchev–Trinajstić information content (AvgIpc) is 2.91. The van der Waals surface area contributed by atoms with Crippen molar-refractivity contribution in [1.29, 1.82) is 0 Å². The first-order chi connectivity index (χ1) is 18.4. The van der Waals surface area contributed by atoms with Gasteiger partial charge in [-0.25, -0.2) is 12.8 Å². The fourth-order valence-electron chi connectivity index (χ4n) is 4.08. The normalized spacial score (nSPS) is 12.2. The number of nitrogens with one attached hydrogen (secondary N) is 1. The third-order valence-corrected chi connectivity index (χ3v) is 8.38. The summed E-state index contributed by atoms with van der Waals surface area (Å²) in [5.41, 5.74) is 2.14. The Morgan fingerprint density at radius 3 is 2.18 bits per heavy atom. The molecule has 0 heterocycles. The van der Waals surface area contributed by atoms with Gasteiger partial charge in [0.1, 0.15) is 18.4 Å². The van der Waals surface area contributed by atoms with E-state index in [-0.39, 0.29) is 22.9 Å². The minimum Gasteiger partial charge on any atom is -0.354 e. The van der Waals surface area contributed by atoms with E-state index < -0.39 is 40.2 Å². The first-order valence-electron chi connectivity index (χ1n) is 12.9. The molecular weight excluding hydrogens is 517 g/mol. The van der Waals surface area contributed by atoms with Crippen molar-refractivity contribution in [3.63, 3.8) is 0 Å². The van der Waals surface area contributed by atoms with Crippen molar-refractivity contribution in [2.75, 3.05) is 17.4 Å². The molecule has 0 aliphatic carbocycles. The van der Waals surface area contributed by atoms with Gasteiger partial charge in [0.25, 0.3) is 10.0 Å². The van der Waals surface area contributed by atoms with E-state index in [4.69, 9.17) is 0 Å². The number of carbonyl (C=O) groups is 2. The summed E-state index contributed by atoms with van der Waals surface area (Å²) in [4.78, 5) is 28.2. The fourth-order valence-corrected chi connectivity index (χ4v) is 5.58. The highest BCUT2D eigenvalue weighted by molar-refractivity contribution is 7.92. The molecule has 0 fully saturated rings. The van der Waals surface area contributed by atoms with Crippen LogP contribution in [-0.4, -0.2) is 44.3 Å². The lowest BCUT2D eigenvalue weighted by Gasteiger charge is -2.32. The number of nitrogens with zero attached hydrogens (tertiary/aromatic N) is 2. The molecule has 3 aromatic rings. The van der Waals surface area contributed by atoms with Crippen LogP contribution in [0.3, 0.4) is 0 Å². The molecule has 3 rings (SSSR count). The zero-order valence-corrected chi connectivity index (χ0v) is 23.8. The van der Waals surface area contributed by atoms with Gasteiger partial charge in [0.15, 0.2) is 0 Å². The predicted molar refractivity (Wildman–Crippen MR) is 151 cm³/mol. The number of halogens is 1. The Kier molecular flexibility index (Phi) is 9.86. The van der Waals surface area contributed by atoms with Gasteiger partial charge in [-0.05, 0) is 62.1 Å². The van der Waals surface area contributed by atoms with Crippen LogP contribution in [0, 0.1) is 25.6 Å². The number of carbonyl (C=O) groups excluding carboxylic acids is 2. The quantitative estimate of drug-likeness (QED) is 0.369. The summed E-state index contributed by atoms with van der Waals surface area (Å²) in [6.07, 6.45) is 0. The van der Waals surface area contributed by atoms with Crippen molar-refractivity contribution in [2.24, 2.45) is 5.92 Å². The highest BCUT2D eigenvalue weighted by Crippen LogP contribution is 2.29. The lowest BCUT2D eigenvalue weighted by molar-refractivity contribution is -0.139. The van der Waals surface area contributed by atoms with Crippen LogP contribution in [0.15, 0.2) is 77.7 Å². The molecule has 0 saturated carbocycles. The third-order valence-electron chi connectivity index (χ3n) is 6.61. The Hall–Kier alpha value is -3.72. The molecule has 208 valence electrons. The van der Waals surface area contributed by atoms with Crippen LogP contribution >= 0.6 is 0 Å². The molecule has 0 saturated heterocycles. The van der Waals surface area contributed by atoms with E-state index in [1.165, 1.54) is 29.2 Å². The third kappa shape index (κ3) is 7.23. The van der Waals surface area contributed by atoms with Crippen molar-refractivity contribution in [1.82, 2.24) is 10.2 Å². The van der Waals surface area contributed by atoms with E-state index >= 15 is 0 Å². The Morgan fingerprint density at radius 1 is 0.897 bits per heavy atom. The van der Waals surface area contributed by atoms with Gasteiger partial charge in [0.05, 0.1) is 10.6 Å². The van der Waals surface area contributed by atoms with Crippen LogP contribution in [0.25, 0.3) is 0 Å². The molecule has 0 aliphatic heterocycles. The highest BCUT2D eigenvalue weighted by Gasteiger charge is 2.33. The molecule has 1 N–H and O–H groups in total. The fraction of sp³-hybridized carbons (Fsp3) is 0.333. The van der Waals surface area contributed by atoms with Crippen LogP contribution in [0.5, 0.6) is 0 Å². The molecule has 9 heteroatoms. The molecule has 0 aliphatic rings. The monoisotopic (exact) mass is 553 g/mol. The van der Waals surface area contributed by atoms with Crippen molar-refractivity contribution in [3.8, 4) is 0 Å². The number of hydrogen-bond donors (Lipinski definition) is 1. The van der Waals surface area contributed by atoms with Crippen molar-refractivity contribution < 1.29 is 22.4 Å². The molecule has 1 atom stereocenters. The van der Waals surface area contributed by atoms with Crippen molar-refractivity contribution in [3.05, 3.63) is 95.3 Å².